The summed E-state index contributed by atoms with van der Waals surface area (Å²) in [4.78, 5) is 4.41. The molecule has 0 saturated heterocycles. The van der Waals surface area contributed by atoms with E-state index in [2.05, 4.69) is 11.9 Å². The van der Waals surface area contributed by atoms with Crippen LogP contribution in [0.4, 0.5) is 0 Å². The van der Waals surface area contributed by atoms with Crippen molar-refractivity contribution in [3.63, 3.8) is 0 Å². The average molecular weight is 208 g/mol. The maximum atomic E-state index is 5.92. The molecular formula is C12H20N2O. The van der Waals surface area contributed by atoms with Crippen LogP contribution in [0.3, 0.4) is 0 Å². The first kappa shape index (κ1) is 12.0. The van der Waals surface area contributed by atoms with Crippen LogP contribution in [0.5, 0.6) is 5.75 Å². The van der Waals surface area contributed by atoms with Gasteiger partial charge in [-0.05, 0) is 20.3 Å². The summed E-state index contributed by atoms with van der Waals surface area (Å²) < 4.78 is 5.35. The third-order valence-electron chi connectivity index (χ3n) is 2.73. The highest BCUT2D eigenvalue weighted by molar-refractivity contribution is 5.41. The first-order valence-electron chi connectivity index (χ1n) is 5.34. The topological polar surface area (TPSA) is 48.1 Å². The molecule has 0 bridgehead atoms. The summed E-state index contributed by atoms with van der Waals surface area (Å²) in [6, 6.07) is 0.184. The first-order valence-corrected chi connectivity index (χ1v) is 5.34. The van der Waals surface area contributed by atoms with Crippen LogP contribution in [0.15, 0.2) is 6.20 Å². The highest BCUT2D eigenvalue weighted by atomic mass is 16.5. The number of rotatable bonds is 4. The molecule has 1 aromatic rings. The number of ether oxygens (including phenoxy) is 1. The fraction of sp³-hybridized carbons (Fsp3) is 0.583. The zero-order valence-corrected chi connectivity index (χ0v) is 10.0. The molecule has 0 aromatic carbocycles. The Morgan fingerprint density at radius 2 is 2.13 bits per heavy atom. The van der Waals surface area contributed by atoms with Crippen molar-refractivity contribution in [2.45, 2.75) is 39.7 Å². The van der Waals surface area contributed by atoms with Gasteiger partial charge in [-0.25, -0.2) is 0 Å². The number of hydrogen-bond donors (Lipinski definition) is 1. The Balaban J connectivity index is 2.99. The van der Waals surface area contributed by atoms with Gasteiger partial charge in [-0.1, -0.05) is 6.92 Å². The lowest BCUT2D eigenvalue weighted by Gasteiger charge is -2.14. The predicted molar refractivity (Wildman–Crippen MR) is 62.2 cm³/mol. The molecule has 15 heavy (non-hydrogen) atoms. The largest absolute Gasteiger partial charge is 0.496 e. The predicted octanol–water partition coefficient (Wildman–Crippen LogP) is 1.99. The van der Waals surface area contributed by atoms with Crippen LogP contribution in [-0.4, -0.2) is 18.1 Å². The lowest BCUT2D eigenvalue weighted by atomic mass is 10.0. The molecule has 0 radical (unpaired) electrons. The molecule has 3 heteroatoms. The van der Waals surface area contributed by atoms with E-state index in [0.29, 0.717) is 0 Å². The van der Waals surface area contributed by atoms with Gasteiger partial charge in [0.05, 0.1) is 7.11 Å². The Bertz CT molecular complexity index is 337. The normalized spacial score (nSPS) is 12.6. The highest BCUT2D eigenvalue weighted by Gasteiger charge is 2.11. The standard InChI is InChI=1S/C12H20N2O/c1-5-10(13)6-11-9(3)12(15-4)8(2)7-14-11/h7,10H,5-6,13H2,1-4H3. The average Bonchev–Trinajstić information content (AvgIpc) is 2.23. The van der Waals surface area contributed by atoms with Gasteiger partial charge in [-0.2, -0.15) is 0 Å². The molecule has 0 spiro atoms. The van der Waals surface area contributed by atoms with Gasteiger partial charge in [0.25, 0.3) is 0 Å². The second-order valence-corrected chi connectivity index (χ2v) is 3.92. The summed E-state index contributed by atoms with van der Waals surface area (Å²) in [7, 11) is 1.69. The van der Waals surface area contributed by atoms with E-state index in [9.17, 15) is 0 Å². The lowest BCUT2D eigenvalue weighted by Crippen LogP contribution is -2.22. The summed E-state index contributed by atoms with van der Waals surface area (Å²) in [6.07, 6.45) is 3.64. The minimum atomic E-state index is 0.184. The molecule has 1 unspecified atom stereocenters. The SMILES string of the molecule is CCC(N)Cc1ncc(C)c(OC)c1C. The summed E-state index contributed by atoms with van der Waals surface area (Å²) >= 11 is 0. The first-order chi connectivity index (χ1) is 7.10. The van der Waals surface area contributed by atoms with Crippen molar-refractivity contribution in [1.29, 1.82) is 0 Å². The smallest absolute Gasteiger partial charge is 0.128 e. The van der Waals surface area contributed by atoms with Crippen molar-refractivity contribution < 1.29 is 4.74 Å². The van der Waals surface area contributed by atoms with Crippen LogP contribution in [0.2, 0.25) is 0 Å². The number of methoxy groups -OCH3 is 1. The monoisotopic (exact) mass is 208 g/mol. The minimum absolute atomic E-state index is 0.184. The van der Waals surface area contributed by atoms with Crippen LogP contribution in [0, 0.1) is 13.8 Å². The van der Waals surface area contributed by atoms with Crippen molar-refractivity contribution in [3.8, 4) is 5.75 Å². The summed E-state index contributed by atoms with van der Waals surface area (Å²) in [5.74, 6) is 0.934. The van der Waals surface area contributed by atoms with Crippen LogP contribution in [-0.2, 0) is 6.42 Å². The number of aromatic nitrogens is 1. The minimum Gasteiger partial charge on any atom is -0.496 e. The summed E-state index contributed by atoms with van der Waals surface area (Å²) in [5, 5.41) is 0. The molecular weight excluding hydrogens is 188 g/mol. The molecule has 0 amide bonds. The number of nitrogens with zero attached hydrogens (tertiary/aromatic N) is 1. The van der Waals surface area contributed by atoms with Gasteiger partial charge >= 0.3 is 0 Å². The maximum absolute atomic E-state index is 5.92. The van der Waals surface area contributed by atoms with Gasteiger partial charge in [0.1, 0.15) is 5.75 Å². The lowest BCUT2D eigenvalue weighted by molar-refractivity contribution is 0.406. The number of hydrogen-bond acceptors (Lipinski definition) is 3. The fourth-order valence-corrected chi connectivity index (χ4v) is 1.67. The van der Waals surface area contributed by atoms with Crippen molar-refractivity contribution in [2.24, 2.45) is 5.73 Å². The second kappa shape index (κ2) is 5.12. The van der Waals surface area contributed by atoms with E-state index in [-0.39, 0.29) is 6.04 Å². The molecule has 84 valence electrons. The van der Waals surface area contributed by atoms with Gasteiger partial charge in [-0.15, -0.1) is 0 Å². The highest BCUT2D eigenvalue weighted by Crippen LogP contribution is 2.24. The third kappa shape index (κ3) is 2.69. The number of nitrogens with two attached hydrogens (primary N) is 1. The Kier molecular flexibility index (Phi) is 4.09. The summed E-state index contributed by atoms with van der Waals surface area (Å²) in [6.45, 7) is 6.13. The van der Waals surface area contributed by atoms with Crippen LogP contribution < -0.4 is 10.5 Å². The van der Waals surface area contributed by atoms with Gasteiger partial charge in [0.2, 0.25) is 0 Å². The third-order valence-corrected chi connectivity index (χ3v) is 2.73. The van der Waals surface area contributed by atoms with Gasteiger partial charge < -0.3 is 10.5 Å². The molecule has 1 atom stereocenters. The molecule has 1 aromatic heterocycles. The summed E-state index contributed by atoms with van der Waals surface area (Å²) in [5.41, 5.74) is 9.16. The molecule has 0 aliphatic rings. The Morgan fingerprint density at radius 1 is 1.47 bits per heavy atom. The number of aryl methyl sites for hydroxylation is 1. The fourth-order valence-electron chi connectivity index (χ4n) is 1.67. The van der Waals surface area contributed by atoms with E-state index in [1.54, 1.807) is 7.11 Å². The molecule has 0 saturated carbocycles. The van der Waals surface area contributed by atoms with Crippen molar-refractivity contribution in [3.05, 3.63) is 23.0 Å². The van der Waals surface area contributed by atoms with Crippen molar-refractivity contribution >= 4 is 0 Å². The van der Waals surface area contributed by atoms with E-state index < -0.39 is 0 Å². The zero-order chi connectivity index (χ0) is 11.4. The van der Waals surface area contributed by atoms with Crippen molar-refractivity contribution in [1.82, 2.24) is 4.98 Å². The Morgan fingerprint density at radius 3 is 2.67 bits per heavy atom. The second-order valence-electron chi connectivity index (χ2n) is 3.92. The molecule has 3 nitrogen and oxygen atoms in total. The number of pyridine rings is 1. The van der Waals surface area contributed by atoms with Gasteiger partial charge in [-0.3, -0.25) is 4.98 Å². The molecule has 2 N–H and O–H groups in total. The van der Waals surface area contributed by atoms with Crippen LogP contribution in [0.1, 0.15) is 30.2 Å². The Hall–Kier alpha value is -1.09. The molecule has 1 rings (SSSR count). The molecule has 0 aliphatic heterocycles. The van der Waals surface area contributed by atoms with E-state index in [4.69, 9.17) is 10.5 Å². The zero-order valence-electron chi connectivity index (χ0n) is 10.0. The van der Waals surface area contributed by atoms with Crippen LogP contribution in [0.25, 0.3) is 0 Å². The van der Waals surface area contributed by atoms with E-state index >= 15 is 0 Å². The van der Waals surface area contributed by atoms with Crippen LogP contribution >= 0.6 is 0 Å². The van der Waals surface area contributed by atoms with E-state index in [1.165, 1.54) is 0 Å². The molecule has 0 aliphatic carbocycles. The van der Waals surface area contributed by atoms with E-state index in [1.807, 2.05) is 20.0 Å². The molecule has 1 heterocycles. The van der Waals surface area contributed by atoms with Gasteiger partial charge in [0, 0.05) is 35.5 Å². The quantitative estimate of drug-likeness (QED) is 0.823. The van der Waals surface area contributed by atoms with Gasteiger partial charge in [0.15, 0.2) is 0 Å². The molecule has 0 fully saturated rings. The van der Waals surface area contributed by atoms with E-state index in [0.717, 1.165) is 35.4 Å². The Labute approximate surface area is 91.7 Å². The van der Waals surface area contributed by atoms with Crippen molar-refractivity contribution in [2.75, 3.05) is 7.11 Å². The maximum Gasteiger partial charge on any atom is 0.128 e.